The van der Waals surface area contributed by atoms with Crippen LogP contribution in [0.1, 0.15) is 11.3 Å². The van der Waals surface area contributed by atoms with Gasteiger partial charge in [-0.25, -0.2) is 4.98 Å². The Labute approximate surface area is 88.1 Å². The van der Waals surface area contributed by atoms with Crippen LogP contribution in [0.15, 0.2) is 48.2 Å². The third-order valence-electron chi connectivity index (χ3n) is 2.47. The fourth-order valence-corrected chi connectivity index (χ4v) is 1.73. The van der Waals surface area contributed by atoms with Gasteiger partial charge in [-0.05, 0) is 18.2 Å². The SMILES string of the molecule is C1=CC=Cc2cc3ccccc3nc2C=1. The van der Waals surface area contributed by atoms with E-state index in [9.17, 15) is 0 Å². The largest absolute Gasteiger partial charge is 0.247 e. The minimum absolute atomic E-state index is 0.985. The lowest BCUT2D eigenvalue weighted by atomic mass is 10.1. The van der Waals surface area contributed by atoms with Gasteiger partial charge in [-0.15, -0.1) is 5.73 Å². The summed E-state index contributed by atoms with van der Waals surface area (Å²) >= 11 is 0. The lowest BCUT2D eigenvalue weighted by Gasteiger charge is -2.02. The molecule has 15 heavy (non-hydrogen) atoms. The molecule has 0 atom stereocenters. The van der Waals surface area contributed by atoms with E-state index in [-0.39, 0.29) is 0 Å². The summed E-state index contributed by atoms with van der Waals surface area (Å²) in [4.78, 5) is 4.59. The van der Waals surface area contributed by atoms with E-state index in [1.807, 2.05) is 36.4 Å². The number of fused-ring (bicyclic) bond motifs is 2. The predicted octanol–water partition coefficient (Wildman–Crippen LogP) is 3.43. The van der Waals surface area contributed by atoms with E-state index in [1.54, 1.807) is 0 Å². The highest BCUT2D eigenvalue weighted by atomic mass is 14.7. The molecule has 0 spiro atoms. The molecule has 3 rings (SSSR count). The fraction of sp³-hybridized carbons (Fsp3) is 0. The van der Waals surface area contributed by atoms with Gasteiger partial charge in [0.25, 0.3) is 0 Å². The summed E-state index contributed by atoms with van der Waals surface area (Å²) in [5.41, 5.74) is 6.23. The Hall–Kier alpha value is -2.11. The highest BCUT2D eigenvalue weighted by Crippen LogP contribution is 2.19. The van der Waals surface area contributed by atoms with Crippen molar-refractivity contribution in [2.45, 2.75) is 0 Å². The monoisotopic (exact) mass is 191 g/mol. The molecule has 0 radical (unpaired) electrons. The van der Waals surface area contributed by atoms with Crippen LogP contribution in [0.2, 0.25) is 0 Å². The molecule has 70 valence electrons. The van der Waals surface area contributed by atoms with Crippen LogP contribution >= 0.6 is 0 Å². The van der Waals surface area contributed by atoms with Crippen LogP contribution < -0.4 is 0 Å². The zero-order chi connectivity index (χ0) is 10.1. The number of allylic oxidation sites excluding steroid dienone is 2. The van der Waals surface area contributed by atoms with E-state index in [2.05, 4.69) is 28.9 Å². The van der Waals surface area contributed by atoms with Crippen LogP contribution in [-0.4, -0.2) is 4.98 Å². The van der Waals surface area contributed by atoms with E-state index in [4.69, 9.17) is 0 Å². The molecule has 0 saturated heterocycles. The van der Waals surface area contributed by atoms with E-state index < -0.39 is 0 Å². The highest BCUT2D eigenvalue weighted by Gasteiger charge is 2.02. The summed E-state index contributed by atoms with van der Waals surface area (Å²) in [6, 6.07) is 10.3. The summed E-state index contributed by atoms with van der Waals surface area (Å²) in [6.45, 7) is 0. The third-order valence-corrected chi connectivity index (χ3v) is 2.47. The van der Waals surface area contributed by atoms with Gasteiger partial charge in [-0.1, -0.05) is 30.4 Å². The molecular formula is C14H9N. The topological polar surface area (TPSA) is 12.9 Å². The second kappa shape index (κ2) is 3.23. The fourth-order valence-electron chi connectivity index (χ4n) is 1.73. The zero-order valence-corrected chi connectivity index (χ0v) is 8.14. The van der Waals surface area contributed by atoms with Gasteiger partial charge in [0.1, 0.15) is 0 Å². The first-order valence-corrected chi connectivity index (χ1v) is 4.92. The summed E-state index contributed by atoms with van der Waals surface area (Å²) in [6.07, 6.45) is 7.86. The minimum Gasteiger partial charge on any atom is -0.247 e. The van der Waals surface area contributed by atoms with Crippen molar-refractivity contribution in [1.29, 1.82) is 0 Å². The molecule has 2 aromatic rings. The summed E-state index contributed by atoms with van der Waals surface area (Å²) in [5, 5.41) is 1.18. The van der Waals surface area contributed by atoms with Crippen LogP contribution in [0.25, 0.3) is 23.1 Å². The Morgan fingerprint density at radius 3 is 3.07 bits per heavy atom. The van der Waals surface area contributed by atoms with E-state index in [1.165, 1.54) is 5.39 Å². The van der Waals surface area contributed by atoms with Crippen molar-refractivity contribution in [3.8, 4) is 0 Å². The quantitative estimate of drug-likeness (QED) is 0.581. The van der Waals surface area contributed by atoms with Crippen molar-refractivity contribution >= 4 is 23.1 Å². The van der Waals surface area contributed by atoms with Gasteiger partial charge in [0.15, 0.2) is 0 Å². The molecular weight excluding hydrogens is 182 g/mol. The predicted molar refractivity (Wildman–Crippen MR) is 63.3 cm³/mol. The molecule has 0 N–H and O–H groups in total. The molecule has 0 bridgehead atoms. The number of rotatable bonds is 0. The van der Waals surface area contributed by atoms with Gasteiger partial charge in [-0.3, -0.25) is 0 Å². The Balaban J connectivity index is 2.39. The molecule has 0 unspecified atom stereocenters. The van der Waals surface area contributed by atoms with Gasteiger partial charge in [-0.2, -0.15) is 0 Å². The highest BCUT2D eigenvalue weighted by molar-refractivity contribution is 5.83. The molecule has 1 nitrogen and oxygen atoms in total. The smallest absolute Gasteiger partial charge is 0.0786 e. The maximum atomic E-state index is 4.59. The van der Waals surface area contributed by atoms with Gasteiger partial charge < -0.3 is 0 Å². The lowest BCUT2D eigenvalue weighted by Crippen LogP contribution is -1.87. The summed E-state index contributed by atoms with van der Waals surface area (Å²) in [7, 11) is 0. The third kappa shape index (κ3) is 1.39. The molecule has 1 heterocycles. The molecule has 1 aliphatic carbocycles. The van der Waals surface area contributed by atoms with Crippen LogP contribution in [0, 0.1) is 0 Å². The normalized spacial score (nSPS) is 12.8. The zero-order valence-electron chi connectivity index (χ0n) is 8.14. The molecule has 0 fully saturated rings. The Morgan fingerprint density at radius 2 is 2.07 bits per heavy atom. The maximum absolute atomic E-state index is 4.59. The van der Waals surface area contributed by atoms with Crippen LogP contribution in [-0.2, 0) is 0 Å². The van der Waals surface area contributed by atoms with E-state index in [0.717, 1.165) is 16.8 Å². The van der Waals surface area contributed by atoms with Gasteiger partial charge in [0.2, 0.25) is 0 Å². The number of nitrogens with zero attached hydrogens (tertiary/aromatic N) is 1. The van der Waals surface area contributed by atoms with Gasteiger partial charge in [0, 0.05) is 17.0 Å². The Kier molecular flexibility index (Phi) is 1.77. The number of para-hydroxylation sites is 1. The van der Waals surface area contributed by atoms with Crippen molar-refractivity contribution in [3.63, 3.8) is 0 Å². The number of pyridine rings is 1. The first-order chi connectivity index (χ1) is 7.43. The molecule has 0 saturated carbocycles. The van der Waals surface area contributed by atoms with E-state index in [0.29, 0.717) is 0 Å². The second-order valence-corrected chi connectivity index (χ2v) is 3.49. The van der Waals surface area contributed by atoms with Crippen LogP contribution in [0.4, 0.5) is 0 Å². The molecule has 0 amide bonds. The Bertz CT molecular complexity index is 614. The first-order valence-electron chi connectivity index (χ1n) is 4.92. The minimum atomic E-state index is 0.985. The number of hydrogen-bond donors (Lipinski definition) is 0. The van der Waals surface area contributed by atoms with Crippen LogP contribution in [0.5, 0.6) is 0 Å². The van der Waals surface area contributed by atoms with Gasteiger partial charge in [0.05, 0.1) is 11.2 Å². The lowest BCUT2D eigenvalue weighted by molar-refractivity contribution is 1.36. The van der Waals surface area contributed by atoms with E-state index >= 15 is 0 Å². The maximum Gasteiger partial charge on any atom is 0.0786 e. The number of hydrogen-bond acceptors (Lipinski definition) is 1. The number of benzene rings is 1. The molecule has 1 aromatic heterocycles. The summed E-state index contributed by atoms with van der Waals surface area (Å²) in [5.74, 6) is 0. The molecule has 1 heteroatoms. The second-order valence-electron chi connectivity index (χ2n) is 3.49. The molecule has 0 aliphatic heterocycles. The molecule has 1 aromatic carbocycles. The average molecular weight is 191 g/mol. The van der Waals surface area contributed by atoms with Crippen molar-refractivity contribution in [3.05, 3.63) is 59.5 Å². The summed E-state index contributed by atoms with van der Waals surface area (Å²) < 4.78 is 0. The van der Waals surface area contributed by atoms with Crippen molar-refractivity contribution in [1.82, 2.24) is 4.98 Å². The average Bonchev–Trinajstić information content (AvgIpc) is 2.50. The van der Waals surface area contributed by atoms with Crippen molar-refractivity contribution < 1.29 is 0 Å². The van der Waals surface area contributed by atoms with Crippen molar-refractivity contribution in [2.24, 2.45) is 0 Å². The standard InChI is InChI=1S/C14H9N/c1-2-6-11-10-12-7-4-5-9-14(12)15-13(11)8-3-1/h1-2,4-10H. The van der Waals surface area contributed by atoms with Gasteiger partial charge >= 0.3 is 0 Å². The Morgan fingerprint density at radius 1 is 1.13 bits per heavy atom. The van der Waals surface area contributed by atoms with Crippen LogP contribution in [0.3, 0.4) is 0 Å². The molecule has 1 aliphatic rings. The van der Waals surface area contributed by atoms with Crippen molar-refractivity contribution in [2.75, 3.05) is 0 Å². The first kappa shape index (κ1) is 8.22. The number of aromatic nitrogens is 1.